The van der Waals surface area contributed by atoms with E-state index in [9.17, 15) is 4.39 Å². The summed E-state index contributed by atoms with van der Waals surface area (Å²) in [6, 6.07) is 7.38. The molecule has 2 aliphatic rings. The van der Waals surface area contributed by atoms with Gasteiger partial charge in [-0.1, -0.05) is 31.8 Å². The Morgan fingerprint density at radius 3 is 1.91 bits per heavy atom. The molecule has 3 heteroatoms. The molecule has 22 heavy (non-hydrogen) atoms. The van der Waals surface area contributed by atoms with E-state index in [0.717, 1.165) is 0 Å². The number of hydrogen-bond donors (Lipinski definition) is 0. The van der Waals surface area contributed by atoms with Gasteiger partial charge >= 0.3 is 0 Å². The summed E-state index contributed by atoms with van der Waals surface area (Å²) in [6.45, 7) is 0. The zero-order chi connectivity index (χ0) is 15.4. The van der Waals surface area contributed by atoms with Gasteiger partial charge in [-0.25, -0.2) is 4.39 Å². The van der Waals surface area contributed by atoms with Crippen molar-refractivity contribution in [1.82, 2.24) is 0 Å². The van der Waals surface area contributed by atoms with Gasteiger partial charge in [-0.3, -0.25) is 0 Å². The second-order valence-electron chi connectivity index (χ2n) is 7.00. The third-order valence-electron chi connectivity index (χ3n) is 5.77. The van der Waals surface area contributed by atoms with Crippen molar-refractivity contribution in [3.63, 3.8) is 0 Å². The van der Waals surface area contributed by atoms with Crippen molar-refractivity contribution in [3.8, 4) is 0 Å². The summed E-state index contributed by atoms with van der Waals surface area (Å²) in [5, 5.41) is 1.22. The van der Waals surface area contributed by atoms with Gasteiger partial charge in [0.25, 0.3) is 0 Å². The molecule has 0 spiro atoms. The molecule has 0 radical (unpaired) electrons. The third kappa shape index (κ3) is 3.22. The summed E-state index contributed by atoms with van der Waals surface area (Å²) < 4.78 is 13.9. The van der Waals surface area contributed by atoms with E-state index in [-0.39, 0.29) is 5.82 Å². The predicted octanol–water partition coefficient (Wildman–Crippen LogP) is 6.49. The van der Waals surface area contributed by atoms with Crippen LogP contribution in [0.4, 0.5) is 4.39 Å². The molecule has 122 valence electrons. The number of benzene rings is 1. The van der Waals surface area contributed by atoms with Crippen molar-refractivity contribution in [2.75, 3.05) is 0 Å². The summed E-state index contributed by atoms with van der Waals surface area (Å²) in [7, 11) is -1.61. The van der Waals surface area contributed by atoms with Crippen LogP contribution in [0, 0.1) is 11.4 Å². The standard InChI is InChI=1S/C19H27ClFP/c20-15-22(17-9-3-1-4-10-17,18-11-5-2-6-12-18)19-13-7-8-16(21)14-19/h7-8,13-15,17-18H,1-6,9-12H2. The predicted molar refractivity (Wildman–Crippen MR) is 96.9 cm³/mol. The molecular formula is C19H27ClFP. The Kier molecular flexibility index (Phi) is 5.80. The topological polar surface area (TPSA) is 0 Å². The highest BCUT2D eigenvalue weighted by atomic mass is 35.5. The van der Waals surface area contributed by atoms with Crippen LogP contribution in [0.5, 0.6) is 0 Å². The average molecular weight is 341 g/mol. The lowest BCUT2D eigenvalue weighted by molar-refractivity contribution is 0.483. The van der Waals surface area contributed by atoms with Crippen LogP contribution < -0.4 is 5.30 Å². The molecule has 0 nitrogen and oxygen atoms in total. The number of hydrogen-bond acceptors (Lipinski definition) is 0. The summed E-state index contributed by atoms with van der Waals surface area (Å²) in [4.78, 5) is 0. The van der Waals surface area contributed by atoms with Crippen LogP contribution in [0.2, 0.25) is 0 Å². The number of rotatable bonds is 4. The van der Waals surface area contributed by atoms with Gasteiger partial charge in [0.1, 0.15) is 5.82 Å². The minimum atomic E-state index is -1.61. The minimum Gasteiger partial charge on any atom is -0.304 e. The van der Waals surface area contributed by atoms with Gasteiger partial charge in [-0.05, 0) is 63.5 Å². The second-order valence-corrected chi connectivity index (χ2v) is 11.4. The van der Waals surface area contributed by atoms with E-state index < -0.39 is 7.26 Å². The van der Waals surface area contributed by atoms with Crippen molar-refractivity contribution in [1.29, 1.82) is 0 Å². The maximum atomic E-state index is 13.9. The second kappa shape index (κ2) is 7.63. The van der Waals surface area contributed by atoms with Crippen LogP contribution in [0.1, 0.15) is 64.2 Å². The lowest BCUT2D eigenvalue weighted by atomic mass is 9.99. The summed E-state index contributed by atoms with van der Waals surface area (Å²) in [5.41, 5.74) is 3.40. The number of halogens is 2. The summed E-state index contributed by atoms with van der Waals surface area (Å²) >= 11 is 6.58. The molecule has 0 aromatic heterocycles. The van der Waals surface area contributed by atoms with Gasteiger partial charge in [0.2, 0.25) is 0 Å². The van der Waals surface area contributed by atoms with Crippen LogP contribution in [0.3, 0.4) is 0 Å². The fourth-order valence-corrected chi connectivity index (χ4v) is 11.0. The van der Waals surface area contributed by atoms with Crippen molar-refractivity contribution >= 4 is 24.2 Å². The van der Waals surface area contributed by atoms with Gasteiger partial charge in [0.05, 0.1) is 5.30 Å². The fourth-order valence-electron chi connectivity index (χ4n) is 4.67. The Balaban J connectivity index is 2.01. The molecule has 0 unspecified atom stereocenters. The van der Waals surface area contributed by atoms with E-state index in [4.69, 9.17) is 11.6 Å². The maximum absolute atomic E-state index is 13.9. The average Bonchev–Trinajstić information content (AvgIpc) is 2.58. The zero-order valence-corrected chi connectivity index (χ0v) is 15.0. The molecule has 3 rings (SSSR count). The highest BCUT2D eigenvalue weighted by Crippen LogP contribution is 2.74. The van der Waals surface area contributed by atoms with E-state index in [1.807, 2.05) is 11.7 Å². The highest BCUT2D eigenvalue weighted by molar-refractivity contribution is 7.87. The molecule has 1 aromatic carbocycles. The van der Waals surface area contributed by atoms with Crippen LogP contribution in [-0.4, -0.2) is 11.3 Å². The molecule has 0 atom stereocenters. The monoisotopic (exact) mass is 340 g/mol. The Morgan fingerprint density at radius 2 is 1.45 bits per heavy atom. The van der Waals surface area contributed by atoms with Gasteiger partial charge in [-0.2, -0.15) is 0 Å². The maximum Gasteiger partial charge on any atom is 0.127 e. The molecule has 2 aliphatic carbocycles. The van der Waals surface area contributed by atoms with Crippen molar-refractivity contribution in [3.05, 3.63) is 35.7 Å². The van der Waals surface area contributed by atoms with Crippen LogP contribution in [-0.2, 0) is 0 Å². The smallest absolute Gasteiger partial charge is 0.127 e. The first-order valence-corrected chi connectivity index (χ1v) is 11.3. The van der Waals surface area contributed by atoms with Crippen LogP contribution >= 0.6 is 18.9 Å². The molecule has 0 amide bonds. The summed E-state index contributed by atoms with van der Waals surface area (Å²) in [5.74, 6) is -0.105. The first-order valence-electron chi connectivity index (χ1n) is 8.86. The molecule has 0 bridgehead atoms. The lowest BCUT2D eigenvalue weighted by Crippen LogP contribution is -2.34. The quantitative estimate of drug-likeness (QED) is 0.434. The van der Waals surface area contributed by atoms with E-state index in [1.54, 1.807) is 12.1 Å². The molecule has 2 saturated carbocycles. The molecule has 0 aliphatic heterocycles. The molecule has 0 N–H and O–H groups in total. The van der Waals surface area contributed by atoms with Crippen molar-refractivity contribution in [2.45, 2.75) is 75.5 Å². The van der Waals surface area contributed by atoms with Gasteiger partial charge in [0.15, 0.2) is 0 Å². The Morgan fingerprint density at radius 1 is 0.909 bits per heavy atom. The van der Waals surface area contributed by atoms with E-state index >= 15 is 0 Å². The van der Waals surface area contributed by atoms with Crippen molar-refractivity contribution < 1.29 is 4.39 Å². The third-order valence-corrected chi connectivity index (χ3v) is 11.7. The Bertz CT molecular complexity index is 460. The SMILES string of the molecule is Fc1cccc([P+]([CH-]Cl)(C2CCCCC2)C2CCCCC2)c1. The molecular weight excluding hydrogens is 314 g/mol. The summed E-state index contributed by atoms with van der Waals surface area (Å²) in [6.07, 6.45) is 13.1. The first-order chi connectivity index (χ1) is 10.8. The zero-order valence-electron chi connectivity index (χ0n) is 13.3. The molecule has 0 saturated heterocycles. The largest absolute Gasteiger partial charge is 0.304 e. The van der Waals surface area contributed by atoms with Gasteiger partial charge in [-0.15, -0.1) is 0 Å². The fraction of sp³-hybridized carbons (Fsp3) is 0.632. The Hall–Kier alpha value is -0.130. The first kappa shape index (κ1) is 16.7. The minimum absolute atomic E-state index is 0.105. The van der Waals surface area contributed by atoms with Crippen LogP contribution in [0.25, 0.3) is 0 Å². The van der Waals surface area contributed by atoms with Crippen LogP contribution in [0.15, 0.2) is 24.3 Å². The Labute approximate surface area is 140 Å². The van der Waals surface area contributed by atoms with Crippen molar-refractivity contribution in [2.24, 2.45) is 0 Å². The van der Waals surface area contributed by atoms with E-state index in [1.165, 1.54) is 69.5 Å². The van der Waals surface area contributed by atoms with Gasteiger partial charge < -0.3 is 11.6 Å². The van der Waals surface area contributed by atoms with E-state index in [0.29, 0.717) is 11.3 Å². The van der Waals surface area contributed by atoms with Gasteiger partial charge in [0, 0.05) is 17.4 Å². The normalized spacial score (nSPS) is 21.9. The molecule has 1 aromatic rings. The molecule has 2 fully saturated rings. The molecule has 0 heterocycles. The highest BCUT2D eigenvalue weighted by Gasteiger charge is 2.47. The lowest BCUT2D eigenvalue weighted by Gasteiger charge is -2.48. The van der Waals surface area contributed by atoms with E-state index in [2.05, 4.69) is 6.07 Å².